The van der Waals surface area contributed by atoms with E-state index < -0.39 is 10.0 Å². The number of sulfonamides is 1. The lowest BCUT2D eigenvalue weighted by Crippen LogP contribution is -2.13. The van der Waals surface area contributed by atoms with Gasteiger partial charge in [-0.3, -0.25) is 4.72 Å². The molecule has 0 aliphatic rings. The third-order valence-corrected chi connectivity index (χ3v) is 5.15. The summed E-state index contributed by atoms with van der Waals surface area (Å²) in [6, 6.07) is 15.6. The summed E-state index contributed by atoms with van der Waals surface area (Å²) in [5, 5.41) is 3.88. The van der Waals surface area contributed by atoms with Crippen LogP contribution >= 0.6 is 15.9 Å². The van der Waals surface area contributed by atoms with E-state index in [2.05, 4.69) is 25.8 Å². The number of halogens is 1. The standard InChI is InChI=1S/C16H13BrN2O3S/c1-11-15(16(22-18-11)12-5-3-2-4-6-12)19-23(20,21)14-9-7-13(17)8-10-14/h2-10,19H,1H3. The predicted molar refractivity (Wildman–Crippen MR) is 91.6 cm³/mol. The van der Waals surface area contributed by atoms with E-state index in [1.54, 1.807) is 19.1 Å². The highest BCUT2D eigenvalue weighted by atomic mass is 79.9. The van der Waals surface area contributed by atoms with Gasteiger partial charge in [0.1, 0.15) is 11.4 Å². The van der Waals surface area contributed by atoms with Gasteiger partial charge in [-0.1, -0.05) is 51.4 Å². The lowest BCUT2D eigenvalue weighted by atomic mass is 10.1. The molecule has 0 fully saturated rings. The second-order valence-corrected chi connectivity index (χ2v) is 7.50. The van der Waals surface area contributed by atoms with Crippen LogP contribution in [0.25, 0.3) is 11.3 Å². The molecule has 0 aliphatic carbocycles. The van der Waals surface area contributed by atoms with Crippen molar-refractivity contribution in [1.82, 2.24) is 5.16 Å². The summed E-state index contributed by atoms with van der Waals surface area (Å²) in [6.45, 7) is 1.69. The molecule has 23 heavy (non-hydrogen) atoms. The number of nitrogens with one attached hydrogen (secondary N) is 1. The summed E-state index contributed by atoms with van der Waals surface area (Å²) >= 11 is 3.29. The van der Waals surface area contributed by atoms with Crippen molar-refractivity contribution in [2.45, 2.75) is 11.8 Å². The van der Waals surface area contributed by atoms with Gasteiger partial charge in [0.05, 0.1) is 4.90 Å². The first kappa shape index (κ1) is 15.8. The van der Waals surface area contributed by atoms with Gasteiger partial charge in [0.25, 0.3) is 10.0 Å². The zero-order valence-electron chi connectivity index (χ0n) is 12.2. The van der Waals surface area contributed by atoms with Crippen molar-refractivity contribution < 1.29 is 12.9 Å². The Morgan fingerprint density at radius 3 is 2.35 bits per heavy atom. The Morgan fingerprint density at radius 2 is 1.70 bits per heavy atom. The van der Waals surface area contributed by atoms with E-state index in [-0.39, 0.29) is 4.90 Å². The van der Waals surface area contributed by atoms with Crippen LogP contribution in [-0.4, -0.2) is 13.6 Å². The van der Waals surface area contributed by atoms with E-state index in [4.69, 9.17) is 4.52 Å². The Hall–Kier alpha value is -2.12. The molecule has 0 bridgehead atoms. The van der Waals surface area contributed by atoms with Gasteiger partial charge in [-0.2, -0.15) is 0 Å². The first-order valence-corrected chi connectivity index (χ1v) is 9.05. The molecule has 5 nitrogen and oxygen atoms in total. The Kier molecular flexibility index (Phi) is 4.23. The van der Waals surface area contributed by atoms with Crippen molar-refractivity contribution in [3.05, 3.63) is 64.8 Å². The van der Waals surface area contributed by atoms with Gasteiger partial charge in [-0.05, 0) is 31.2 Å². The van der Waals surface area contributed by atoms with Crippen molar-refractivity contribution >= 4 is 31.6 Å². The molecule has 1 N–H and O–H groups in total. The Labute approximate surface area is 142 Å². The topological polar surface area (TPSA) is 72.2 Å². The zero-order chi connectivity index (χ0) is 16.4. The maximum Gasteiger partial charge on any atom is 0.262 e. The maximum atomic E-state index is 12.6. The fourth-order valence-corrected chi connectivity index (χ4v) is 3.47. The minimum atomic E-state index is -3.72. The van der Waals surface area contributed by atoms with Crippen LogP contribution in [0.15, 0.2) is 68.5 Å². The van der Waals surface area contributed by atoms with Crippen molar-refractivity contribution in [1.29, 1.82) is 0 Å². The number of hydrogen-bond donors (Lipinski definition) is 1. The van der Waals surface area contributed by atoms with E-state index in [0.717, 1.165) is 10.0 Å². The molecule has 0 saturated heterocycles. The molecular weight excluding hydrogens is 380 g/mol. The van der Waals surface area contributed by atoms with Crippen molar-refractivity contribution in [2.75, 3.05) is 4.72 Å². The molecule has 0 saturated carbocycles. The number of nitrogens with zero attached hydrogens (tertiary/aromatic N) is 1. The highest BCUT2D eigenvalue weighted by molar-refractivity contribution is 9.10. The van der Waals surface area contributed by atoms with Crippen LogP contribution in [0.2, 0.25) is 0 Å². The molecule has 0 atom stereocenters. The molecule has 0 radical (unpaired) electrons. The van der Waals surface area contributed by atoms with E-state index in [1.165, 1.54) is 12.1 Å². The lowest BCUT2D eigenvalue weighted by molar-refractivity contribution is 0.427. The van der Waals surface area contributed by atoms with Crippen LogP contribution in [0.4, 0.5) is 5.69 Å². The molecule has 0 unspecified atom stereocenters. The van der Waals surface area contributed by atoms with E-state index in [0.29, 0.717) is 17.1 Å². The molecular formula is C16H13BrN2O3S. The van der Waals surface area contributed by atoms with Crippen molar-refractivity contribution in [3.63, 3.8) is 0 Å². The zero-order valence-corrected chi connectivity index (χ0v) is 14.6. The summed E-state index contributed by atoms with van der Waals surface area (Å²) in [4.78, 5) is 0.167. The van der Waals surface area contributed by atoms with Gasteiger partial charge < -0.3 is 4.52 Å². The van der Waals surface area contributed by atoms with Crippen LogP contribution in [0.5, 0.6) is 0 Å². The minimum absolute atomic E-state index is 0.167. The Balaban J connectivity index is 2.00. The highest BCUT2D eigenvalue weighted by Crippen LogP contribution is 2.32. The molecule has 3 rings (SSSR count). The monoisotopic (exact) mass is 392 g/mol. The average molecular weight is 393 g/mol. The van der Waals surface area contributed by atoms with Gasteiger partial charge in [-0.15, -0.1) is 0 Å². The highest BCUT2D eigenvalue weighted by Gasteiger charge is 2.21. The van der Waals surface area contributed by atoms with Gasteiger partial charge >= 0.3 is 0 Å². The van der Waals surface area contributed by atoms with Crippen molar-refractivity contribution in [2.24, 2.45) is 0 Å². The van der Waals surface area contributed by atoms with E-state index >= 15 is 0 Å². The molecule has 1 aromatic heterocycles. The molecule has 7 heteroatoms. The number of rotatable bonds is 4. The normalized spacial score (nSPS) is 11.4. The summed E-state index contributed by atoms with van der Waals surface area (Å²) in [7, 11) is -3.72. The second kappa shape index (κ2) is 6.17. The summed E-state index contributed by atoms with van der Waals surface area (Å²) < 4.78 is 33.8. The van der Waals surface area contributed by atoms with E-state index in [9.17, 15) is 8.42 Å². The molecule has 1 heterocycles. The van der Waals surface area contributed by atoms with Crippen LogP contribution in [-0.2, 0) is 10.0 Å². The van der Waals surface area contributed by atoms with Crippen LogP contribution in [0.1, 0.15) is 5.69 Å². The van der Waals surface area contributed by atoms with Crippen LogP contribution < -0.4 is 4.72 Å². The number of aryl methyl sites for hydroxylation is 1. The van der Waals surface area contributed by atoms with E-state index in [1.807, 2.05) is 30.3 Å². The van der Waals surface area contributed by atoms with Gasteiger partial charge in [0.2, 0.25) is 0 Å². The third-order valence-electron chi connectivity index (χ3n) is 3.26. The van der Waals surface area contributed by atoms with Gasteiger partial charge in [0.15, 0.2) is 5.76 Å². The summed E-state index contributed by atoms with van der Waals surface area (Å²) in [5.41, 5.74) is 1.57. The van der Waals surface area contributed by atoms with Crippen LogP contribution in [0, 0.1) is 6.92 Å². The minimum Gasteiger partial charge on any atom is -0.354 e. The number of anilines is 1. The van der Waals surface area contributed by atoms with Crippen LogP contribution in [0.3, 0.4) is 0 Å². The van der Waals surface area contributed by atoms with Gasteiger partial charge in [-0.25, -0.2) is 8.42 Å². The quantitative estimate of drug-likeness (QED) is 0.721. The summed E-state index contributed by atoms with van der Waals surface area (Å²) in [6.07, 6.45) is 0. The smallest absolute Gasteiger partial charge is 0.262 e. The summed E-state index contributed by atoms with van der Waals surface area (Å²) in [5.74, 6) is 0.392. The molecule has 0 amide bonds. The Morgan fingerprint density at radius 1 is 1.04 bits per heavy atom. The molecule has 3 aromatic rings. The fourth-order valence-electron chi connectivity index (χ4n) is 2.08. The third kappa shape index (κ3) is 3.30. The molecule has 0 aliphatic heterocycles. The SMILES string of the molecule is Cc1noc(-c2ccccc2)c1NS(=O)(=O)c1ccc(Br)cc1. The second-order valence-electron chi connectivity index (χ2n) is 4.90. The number of hydrogen-bond acceptors (Lipinski definition) is 4. The maximum absolute atomic E-state index is 12.6. The average Bonchev–Trinajstić information content (AvgIpc) is 2.89. The number of aromatic nitrogens is 1. The van der Waals surface area contributed by atoms with Gasteiger partial charge in [0, 0.05) is 10.0 Å². The molecule has 118 valence electrons. The Bertz CT molecular complexity index is 920. The lowest BCUT2D eigenvalue weighted by Gasteiger charge is -2.08. The molecule has 0 spiro atoms. The first-order chi connectivity index (χ1) is 11.0. The van der Waals surface area contributed by atoms with Crippen molar-refractivity contribution in [3.8, 4) is 11.3 Å². The predicted octanol–water partition coefficient (Wildman–Crippen LogP) is 4.21. The number of benzene rings is 2. The molecule has 2 aromatic carbocycles. The fraction of sp³-hybridized carbons (Fsp3) is 0.0625. The first-order valence-electron chi connectivity index (χ1n) is 6.77. The largest absolute Gasteiger partial charge is 0.354 e.